The van der Waals surface area contributed by atoms with Crippen LogP contribution in [0.5, 0.6) is 11.5 Å². The van der Waals surface area contributed by atoms with Gasteiger partial charge in [-0.2, -0.15) is 10.5 Å². The molecule has 5 atom stereocenters. The van der Waals surface area contributed by atoms with Crippen LogP contribution in [0.3, 0.4) is 0 Å². The van der Waals surface area contributed by atoms with Crippen molar-refractivity contribution >= 4 is 31.4 Å². The van der Waals surface area contributed by atoms with Crippen LogP contribution >= 0.6 is 8.53 Å². The molecule has 0 aliphatic carbocycles. The standard InChI is InChI=1S/C46H55N8O9P/c1-31(2)54(32(3)4)64(61-26-12-24-48)63-41-39(62-45(42(41)59-30-58-25-11-23-47)53-29-51-40-43(52-33(5)55)49-28-50-44(40)53)27-60-46(34-13-9-8-10-14-34,35-15-19-37(56-6)20-16-35)36-17-21-38(57-7)22-18-36/h8-10,13-22,28-29,31-32,39,41-42,45H,11-12,25-27,30H2,1-7H3,(H,49,50,52,55)/t39-,41-,42-,45-,64?/m1/s1. The number of fused-ring (bicyclic) bond motifs is 1. The van der Waals surface area contributed by atoms with Gasteiger partial charge in [-0.05, 0) is 68.7 Å². The molecule has 3 heterocycles. The molecule has 18 heteroatoms. The number of benzene rings is 3. The van der Waals surface area contributed by atoms with Crippen molar-refractivity contribution in [1.82, 2.24) is 24.2 Å². The van der Waals surface area contributed by atoms with Crippen LogP contribution in [0.2, 0.25) is 0 Å². The Hall–Kier alpha value is -5.59. The van der Waals surface area contributed by atoms with Crippen molar-refractivity contribution in [2.24, 2.45) is 0 Å². The van der Waals surface area contributed by atoms with Crippen LogP contribution in [0, 0.1) is 22.7 Å². The van der Waals surface area contributed by atoms with Gasteiger partial charge in [0.05, 0.1) is 65.3 Å². The maximum absolute atomic E-state index is 12.2. The summed E-state index contributed by atoms with van der Waals surface area (Å²) in [6, 6.07) is 29.6. The zero-order valence-corrected chi connectivity index (χ0v) is 38.0. The lowest BCUT2D eigenvalue weighted by atomic mass is 9.80. The van der Waals surface area contributed by atoms with Gasteiger partial charge in [-0.1, -0.05) is 54.6 Å². The zero-order valence-electron chi connectivity index (χ0n) is 37.1. The van der Waals surface area contributed by atoms with Crippen LogP contribution in [0.25, 0.3) is 11.2 Å². The third-order valence-corrected chi connectivity index (χ3v) is 12.6. The molecule has 0 saturated carbocycles. The number of ether oxygens (including phenoxy) is 6. The summed E-state index contributed by atoms with van der Waals surface area (Å²) >= 11 is 0. The fourth-order valence-electron chi connectivity index (χ4n) is 7.65. The van der Waals surface area contributed by atoms with Crippen LogP contribution in [0.1, 0.15) is 70.4 Å². The van der Waals surface area contributed by atoms with E-state index in [1.165, 1.54) is 13.3 Å². The highest BCUT2D eigenvalue weighted by molar-refractivity contribution is 7.44. The van der Waals surface area contributed by atoms with E-state index in [1.54, 1.807) is 25.1 Å². The number of amides is 1. The number of nitriles is 2. The van der Waals surface area contributed by atoms with E-state index in [4.69, 9.17) is 37.5 Å². The van der Waals surface area contributed by atoms with E-state index in [0.717, 1.165) is 16.7 Å². The van der Waals surface area contributed by atoms with Gasteiger partial charge in [-0.3, -0.25) is 9.36 Å². The van der Waals surface area contributed by atoms with Crippen molar-refractivity contribution < 1.29 is 42.3 Å². The highest BCUT2D eigenvalue weighted by Gasteiger charge is 2.52. The van der Waals surface area contributed by atoms with Crippen LogP contribution in [0.15, 0.2) is 91.5 Å². The van der Waals surface area contributed by atoms with Gasteiger partial charge >= 0.3 is 0 Å². The average Bonchev–Trinajstić information content (AvgIpc) is 3.88. The van der Waals surface area contributed by atoms with Gasteiger partial charge in [0, 0.05) is 19.0 Å². The molecular weight excluding hydrogens is 840 g/mol. The molecule has 0 spiro atoms. The first kappa shape index (κ1) is 47.9. The summed E-state index contributed by atoms with van der Waals surface area (Å²) in [5.74, 6) is 1.25. The van der Waals surface area contributed by atoms with E-state index in [9.17, 15) is 15.3 Å². The molecule has 0 bridgehead atoms. The number of carbonyl (C=O) groups excluding carboxylic acids is 1. The first-order valence-corrected chi connectivity index (χ1v) is 22.1. The smallest absolute Gasteiger partial charge is 0.259 e. The summed E-state index contributed by atoms with van der Waals surface area (Å²) < 4.78 is 55.5. The molecule has 1 fully saturated rings. The Labute approximate surface area is 375 Å². The molecule has 5 aromatic rings. The molecule has 1 saturated heterocycles. The topological polar surface area (TPSA) is 197 Å². The lowest BCUT2D eigenvalue weighted by Crippen LogP contribution is -2.43. The van der Waals surface area contributed by atoms with E-state index < -0.39 is 38.7 Å². The second-order valence-corrected chi connectivity index (χ2v) is 16.7. The van der Waals surface area contributed by atoms with Crippen molar-refractivity contribution in [3.63, 3.8) is 0 Å². The number of hydrogen-bond acceptors (Lipinski definition) is 15. The van der Waals surface area contributed by atoms with Crippen molar-refractivity contribution in [3.8, 4) is 23.6 Å². The number of carbonyl (C=O) groups is 1. The predicted octanol–water partition coefficient (Wildman–Crippen LogP) is 7.64. The fourth-order valence-corrected chi connectivity index (χ4v) is 9.42. The third-order valence-electron chi connectivity index (χ3n) is 10.4. The fraction of sp³-hybridized carbons (Fsp3) is 0.435. The van der Waals surface area contributed by atoms with Gasteiger partial charge in [0.2, 0.25) is 5.91 Å². The molecule has 0 radical (unpaired) electrons. The highest BCUT2D eigenvalue weighted by Crippen LogP contribution is 2.51. The lowest BCUT2D eigenvalue weighted by molar-refractivity contribution is -0.136. The van der Waals surface area contributed by atoms with E-state index in [2.05, 4.69) is 64.8 Å². The van der Waals surface area contributed by atoms with Crippen molar-refractivity contribution in [1.29, 1.82) is 10.5 Å². The third kappa shape index (κ3) is 11.0. The molecule has 1 unspecified atom stereocenters. The zero-order chi connectivity index (χ0) is 45.6. The number of anilines is 1. The largest absolute Gasteiger partial charge is 0.497 e. The van der Waals surface area contributed by atoms with Gasteiger partial charge < -0.3 is 42.8 Å². The quantitative estimate of drug-likeness (QED) is 0.0290. The van der Waals surface area contributed by atoms with Crippen LogP contribution < -0.4 is 14.8 Å². The predicted molar refractivity (Wildman–Crippen MR) is 238 cm³/mol. The minimum absolute atomic E-state index is 0.0212. The first-order valence-electron chi connectivity index (χ1n) is 21.0. The summed E-state index contributed by atoms with van der Waals surface area (Å²) in [6.07, 6.45) is -0.472. The van der Waals surface area contributed by atoms with E-state index in [-0.39, 0.29) is 63.3 Å². The number of rotatable bonds is 23. The van der Waals surface area contributed by atoms with Gasteiger partial charge in [-0.25, -0.2) is 19.6 Å². The monoisotopic (exact) mass is 894 g/mol. The maximum atomic E-state index is 12.2. The lowest BCUT2D eigenvalue weighted by Gasteiger charge is -2.39. The number of aromatic nitrogens is 4. The van der Waals surface area contributed by atoms with Gasteiger partial charge in [-0.15, -0.1) is 0 Å². The molecule has 1 aliphatic heterocycles. The summed E-state index contributed by atoms with van der Waals surface area (Å²) in [7, 11) is 1.39. The summed E-state index contributed by atoms with van der Waals surface area (Å²) in [5, 5.41) is 21.5. The molecule has 6 rings (SSSR count). The van der Waals surface area contributed by atoms with Crippen molar-refractivity contribution in [3.05, 3.63) is 108 Å². The molecule has 1 aliphatic rings. The SMILES string of the molecule is COc1ccc(C(OC[C@H]2O[C@@H](n3cnc4c(NC(C)=O)ncnc43)[C@H](OCOCCC#N)[C@@H]2OP(OCCC#N)N(C(C)C)C(C)C)(c2ccccc2)c2ccc(OC)cc2)cc1. The molecule has 2 aromatic heterocycles. The Bertz CT molecular complexity index is 2280. The maximum Gasteiger partial charge on any atom is 0.259 e. The number of hydrogen-bond donors (Lipinski definition) is 1. The first-order chi connectivity index (χ1) is 31.1. The van der Waals surface area contributed by atoms with Gasteiger partial charge in [0.15, 0.2) is 23.2 Å². The van der Waals surface area contributed by atoms with E-state index >= 15 is 0 Å². The molecule has 1 N–H and O–H groups in total. The highest BCUT2D eigenvalue weighted by atomic mass is 31.2. The number of methoxy groups -OCH3 is 2. The minimum atomic E-state index is -1.85. The summed E-state index contributed by atoms with van der Waals surface area (Å²) in [5.41, 5.74) is 1.93. The second kappa shape index (κ2) is 22.9. The molecule has 17 nitrogen and oxygen atoms in total. The molecule has 3 aromatic carbocycles. The molecular formula is C46H55N8O9P. The summed E-state index contributed by atoms with van der Waals surface area (Å²) in [4.78, 5) is 25.6. The number of nitrogens with one attached hydrogen (secondary N) is 1. The van der Waals surface area contributed by atoms with E-state index in [1.807, 2.05) is 78.9 Å². The molecule has 64 heavy (non-hydrogen) atoms. The Balaban J connectivity index is 1.52. The normalized spacial score (nSPS) is 18.0. The van der Waals surface area contributed by atoms with Crippen LogP contribution in [0.4, 0.5) is 5.82 Å². The Kier molecular flexibility index (Phi) is 17.1. The Morgan fingerprint density at radius 2 is 1.47 bits per heavy atom. The Morgan fingerprint density at radius 3 is 2.05 bits per heavy atom. The minimum Gasteiger partial charge on any atom is -0.497 e. The average molecular weight is 895 g/mol. The van der Waals surface area contributed by atoms with Gasteiger partial charge in [0.25, 0.3) is 8.53 Å². The molecule has 1 amide bonds. The van der Waals surface area contributed by atoms with E-state index in [0.29, 0.717) is 22.7 Å². The van der Waals surface area contributed by atoms with Crippen LogP contribution in [-0.2, 0) is 38.4 Å². The second-order valence-electron chi connectivity index (χ2n) is 15.3. The number of nitrogens with zero attached hydrogens (tertiary/aromatic N) is 7. The molecule has 338 valence electrons. The van der Waals surface area contributed by atoms with Crippen LogP contribution in [-0.4, -0.2) is 101 Å². The van der Waals surface area contributed by atoms with Gasteiger partial charge in [0.1, 0.15) is 48.5 Å². The number of imidazole rings is 1. The van der Waals surface area contributed by atoms with Crippen molar-refractivity contribution in [2.75, 3.05) is 46.1 Å². The Morgan fingerprint density at radius 1 is 0.859 bits per heavy atom. The van der Waals surface area contributed by atoms with Crippen molar-refractivity contribution in [2.45, 2.75) is 89.7 Å². The summed E-state index contributed by atoms with van der Waals surface area (Å²) in [6.45, 7) is 9.59.